The molecule has 0 amide bonds. The number of anilines is 1. The van der Waals surface area contributed by atoms with Gasteiger partial charge < -0.3 is 5.73 Å². The van der Waals surface area contributed by atoms with Crippen molar-refractivity contribution in [3.63, 3.8) is 0 Å². The van der Waals surface area contributed by atoms with E-state index in [9.17, 15) is 0 Å². The van der Waals surface area contributed by atoms with Crippen LogP contribution in [0.3, 0.4) is 0 Å². The first kappa shape index (κ1) is 12.7. The molecule has 0 aliphatic carbocycles. The van der Waals surface area contributed by atoms with Crippen LogP contribution < -0.4 is 5.73 Å². The van der Waals surface area contributed by atoms with Gasteiger partial charge in [0.05, 0.1) is 11.4 Å². The molecule has 3 rings (SSSR count). The van der Waals surface area contributed by atoms with Crippen LogP contribution in [0.15, 0.2) is 18.2 Å². The molecule has 5 nitrogen and oxygen atoms in total. The number of rotatable bonds is 2. The number of nitrogens with two attached hydrogens (primary N) is 1. The zero-order chi connectivity index (χ0) is 14.4. The van der Waals surface area contributed by atoms with Gasteiger partial charge in [0.2, 0.25) is 5.95 Å². The minimum absolute atomic E-state index is 0.506. The Morgan fingerprint density at radius 1 is 1.20 bits per heavy atom. The second-order valence-electron chi connectivity index (χ2n) is 5.17. The zero-order valence-electron chi connectivity index (χ0n) is 12.3. The smallest absolute Gasteiger partial charge is 0.207 e. The minimum Gasteiger partial charge on any atom is -0.369 e. The lowest BCUT2D eigenvalue weighted by Gasteiger charge is -2.09. The summed E-state index contributed by atoms with van der Waals surface area (Å²) in [5, 5.41) is 4.51. The normalized spacial score (nSPS) is 11.4. The van der Waals surface area contributed by atoms with Crippen LogP contribution in [-0.2, 0) is 13.5 Å². The molecule has 0 saturated carbocycles. The molecular formula is C15H19N5. The highest BCUT2D eigenvalue weighted by molar-refractivity contribution is 5.80. The van der Waals surface area contributed by atoms with Gasteiger partial charge in [-0.15, -0.1) is 0 Å². The molecule has 0 aliphatic heterocycles. The molecule has 0 spiro atoms. The minimum atomic E-state index is 0.506. The van der Waals surface area contributed by atoms with Crippen LogP contribution in [0.5, 0.6) is 0 Å². The van der Waals surface area contributed by atoms with Gasteiger partial charge in [-0.1, -0.05) is 13.0 Å². The number of fused-ring (bicyclic) bond motifs is 1. The molecule has 2 aromatic heterocycles. The van der Waals surface area contributed by atoms with Crippen molar-refractivity contribution in [2.45, 2.75) is 27.2 Å². The highest BCUT2D eigenvalue weighted by atomic mass is 15.3. The Kier molecular flexibility index (Phi) is 2.78. The molecule has 104 valence electrons. The second kappa shape index (κ2) is 4.37. The number of imidazole rings is 1. The predicted molar refractivity (Wildman–Crippen MR) is 81.1 cm³/mol. The van der Waals surface area contributed by atoms with Crippen molar-refractivity contribution in [3.8, 4) is 5.69 Å². The lowest BCUT2D eigenvalue weighted by Crippen LogP contribution is -2.05. The van der Waals surface area contributed by atoms with Crippen molar-refractivity contribution in [2.75, 3.05) is 5.73 Å². The molecule has 0 bridgehead atoms. The van der Waals surface area contributed by atoms with Gasteiger partial charge in [0.25, 0.3) is 0 Å². The highest BCUT2D eigenvalue weighted by Gasteiger charge is 2.18. The molecule has 1 aromatic carbocycles. The van der Waals surface area contributed by atoms with Gasteiger partial charge in [0.1, 0.15) is 5.52 Å². The van der Waals surface area contributed by atoms with Gasteiger partial charge in [-0.25, -0.2) is 9.67 Å². The Morgan fingerprint density at radius 3 is 2.60 bits per heavy atom. The Hall–Kier alpha value is -2.30. The number of hydrogen-bond acceptors (Lipinski definition) is 3. The summed E-state index contributed by atoms with van der Waals surface area (Å²) in [6.45, 7) is 6.28. The first-order valence-electron chi connectivity index (χ1n) is 6.80. The number of hydrogen-bond donors (Lipinski definition) is 1. The van der Waals surface area contributed by atoms with Gasteiger partial charge in [-0.05, 0) is 43.5 Å². The summed E-state index contributed by atoms with van der Waals surface area (Å²) < 4.78 is 3.82. The van der Waals surface area contributed by atoms with E-state index in [2.05, 4.69) is 49.1 Å². The molecule has 0 radical (unpaired) electrons. The molecule has 0 aliphatic rings. The van der Waals surface area contributed by atoms with Crippen LogP contribution in [0.1, 0.15) is 23.7 Å². The van der Waals surface area contributed by atoms with E-state index >= 15 is 0 Å². The number of nitrogen functional groups attached to an aromatic ring is 1. The van der Waals surface area contributed by atoms with E-state index in [1.54, 1.807) is 0 Å². The molecule has 20 heavy (non-hydrogen) atoms. The molecule has 5 heteroatoms. The van der Waals surface area contributed by atoms with E-state index in [0.29, 0.717) is 5.95 Å². The molecule has 3 aromatic rings. The lowest BCUT2D eigenvalue weighted by molar-refractivity contribution is 0.751. The molecule has 2 heterocycles. The van der Waals surface area contributed by atoms with Crippen molar-refractivity contribution in [2.24, 2.45) is 7.05 Å². The summed E-state index contributed by atoms with van der Waals surface area (Å²) in [5.41, 5.74) is 12.5. The van der Waals surface area contributed by atoms with Gasteiger partial charge in [0.15, 0.2) is 5.65 Å². The summed E-state index contributed by atoms with van der Waals surface area (Å²) in [5.74, 6) is 0.506. The lowest BCUT2D eigenvalue weighted by atomic mass is 10.1. The highest BCUT2D eigenvalue weighted by Crippen LogP contribution is 2.26. The van der Waals surface area contributed by atoms with E-state index in [1.165, 1.54) is 11.1 Å². The van der Waals surface area contributed by atoms with Crippen LogP contribution in [0.2, 0.25) is 0 Å². The van der Waals surface area contributed by atoms with Crippen molar-refractivity contribution >= 4 is 17.1 Å². The summed E-state index contributed by atoms with van der Waals surface area (Å²) >= 11 is 0. The summed E-state index contributed by atoms with van der Waals surface area (Å²) in [6.07, 6.45) is 0.848. The van der Waals surface area contributed by atoms with Crippen molar-refractivity contribution in [1.29, 1.82) is 0 Å². The van der Waals surface area contributed by atoms with Gasteiger partial charge in [0, 0.05) is 7.05 Å². The van der Waals surface area contributed by atoms with E-state index in [1.807, 2.05) is 16.3 Å². The van der Waals surface area contributed by atoms with Gasteiger partial charge in [-0.3, -0.25) is 4.57 Å². The fourth-order valence-electron chi connectivity index (χ4n) is 2.55. The summed E-state index contributed by atoms with van der Waals surface area (Å²) in [4.78, 5) is 4.49. The molecule has 0 saturated heterocycles. The topological polar surface area (TPSA) is 61.7 Å². The third kappa shape index (κ3) is 1.70. The van der Waals surface area contributed by atoms with E-state index < -0.39 is 0 Å². The zero-order valence-corrected chi connectivity index (χ0v) is 12.3. The van der Waals surface area contributed by atoms with Crippen LogP contribution in [0, 0.1) is 13.8 Å². The maximum atomic E-state index is 6.12. The predicted octanol–water partition coefficient (Wildman–Crippen LogP) is 2.52. The third-order valence-corrected chi connectivity index (χ3v) is 3.81. The number of aryl methyl sites for hydroxylation is 4. The monoisotopic (exact) mass is 269 g/mol. The largest absolute Gasteiger partial charge is 0.369 e. The summed E-state index contributed by atoms with van der Waals surface area (Å²) in [7, 11) is 1.93. The number of benzene rings is 1. The van der Waals surface area contributed by atoms with E-state index in [-0.39, 0.29) is 0 Å². The van der Waals surface area contributed by atoms with E-state index in [0.717, 1.165) is 29.0 Å². The quantitative estimate of drug-likeness (QED) is 0.777. The van der Waals surface area contributed by atoms with Crippen molar-refractivity contribution < 1.29 is 0 Å². The molecule has 0 atom stereocenters. The Bertz CT molecular complexity index is 794. The van der Waals surface area contributed by atoms with Crippen molar-refractivity contribution in [3.05, 3.63) is 35.0 Å². The second-order valence-corrected chi connectivity index (χ2v) is 5.17. The fourth-order valence-corrected chi connectivity index (χ4v) is 2.55. The summed E-state index contributed by atoms with van der Waals surface area (Å²) in [6, 6.07) is 6.30. The van der Waals surface area contributed by atoms with Crippen LogP contribution >= 0.6 is 0 Å². The van der Waals surface area contributed by atoms with Crippen LogP contribution in [0.4, 0.5) is 5.95 Å². The first-order chi connectivity index (χ1) is 9.52. The van der Waals surface area contributed by atoms with E-state index in [4.69, 9.17) is 5.73 Å². The molecule has 0 fully saturated rings. The Labute approximate surface area is 118 Å². The average Bonchev–Trinajstić information content (AvgIpc) is 2.90. The SMILES string of the molecule is CCc1nn(C)c2c1nc(N)n2-c1ccc(C)c(C)c1. The van der Waals surface area contributed by atoms with Gasteiger partial charge >= 0.3 is 0 Å². The number of aromatic nitrogens is 4. The third-order valence-electron chi connectivity index (χ3n) is 3.81. The van der Waals surface area contributed by atoms with Crippen LogP contribution in [0.25, 0.3) is 16.9 Å². The molecule has 2 N–H and O–H groups in total. The maximum absolute atomic E-state index is 6.12. The molecular weight excluding hydrogens is 250 g/mol. The maximum Gasteiger partial charge on any atom is 0.207 e. The number of nitrogens with zero attached hydrogens (tertiary/aromatic N) is 4. The fraction of sp³-hybridized carbons (Fsp3) is 0.333. The molecule has 0 unspecified atom stereocenters. The average molecular weight is 269 g/mol. The Balaban J connectivity index is 2.32. The van der Waals surface area contributed by atoms with Gasteiger partial charge in [-0.2, -0.15) is 5.10 Å². The van der Waals surface area contributed by atoms with Crippen molar-refractivity contribution in [1.82, 2.24) is 19.3 Å². The van der Waals surface area contributed by atoms with Crippen LogP contribution in [-0.4, -0.2) is 19.3 Å². The Morgan fingerprint density at radius 2 is 1.95 bits per heavy atom. The first-order valence-corrected chi connectivity index (χ1v) is 6.80. The standard InChI is InChI=1S/C15H19N5/c1-5-12-13-14(19(4)18-12)20(15(16)17-13)11-7-6-9(2)10(3)8-11/h6-8H,5H2,1-4H3,(H2,16,17).